The lowest BCUT2D eigenvalue weighted by Gasteiger charge is -2.27. The Morgan fingerprint density at radius 2 is 1.90 bits per heavy atom. The normalized spacial score (nSPS) is 20.7. The molecule has 0 spiro atoms. The van der Waals surface area contributed by atoms with Crippen LogP contribution in [0.5, 0.6) is 5.75 Å². The quantitative estimate of drug-likeness (QED) is 0.792. The molecule has 8 heteroatoms. The van der Waals surface area contributed by atoms with E-state index in [1.165, 1.54) is 17.1 Å². The molecule has 2 aliphatic heterocycles. The van der Waals surface area contributed by atoms with Gasteiger partial charge in [-0.1, -0.05) is 0 Å². The average Bonchev–Trinajstić information content (AvgIpc) is 3.37. The molecule has 0 aliphatic carbocycles. The van der Waals surface area contributed by atoms with Crippen LogP contribution < -0.4 is 4.74 Å². The molecule has 2 unspecified atom stereocenters. The number of nitriles is 1. The second kappa shape index (κ2) is 7.87. The minimum absolute atomic E-state index is 0.177. The number of halogens is 2. The van der Waals surface area contributed by atoms with Crippen LogP contribution in [0.4, 0.5) is 13.6 Å². The predicted octanol–water partition coefficient (Wildman–Crippen LogP) is 3.84. The van der Waals surface area contributed by atoms with Gasteiger partial charge in [-0.15, -0.1) is 0 Å². The molecule has 2 aliphatic rings. The molecule has 0 radical (unpaired) electrons. The fourth-order valence-corrected chi connectivity index (χ4v) is 3.59. The molecule has 0 N–H and O–H groups in total. The van der Waals surface area contributed by atoms with Gasteiger partial charge in [-0.3, -0.25) is 0 Å². The standard InChI is InChI=1S/C21H18F2N4O2/c22-16-9-15(10-17(23)11-16)20-5-7-25-27(20)21(28)26-8-6-19(13-26)29-18-3-1-14(12-24)2-4-18/h1-4,7,9-11,19-20H,5-6,8,13H2. The van der Waals surface area contributed by atoms with E-state index in [4.69, 9.17) is 10.00 Å². The lowest BCUT2D eigenvalue weighted by Crippen LogP contribution is -2.40. The molecule has 1 saturated heterocycles. The summed E-state index contributed by atoms with van der Waals surface area (Å²) in [5, 5.41) is 14.3. The van der Waals surface area contributed by atoms with Crippen LogP contribution in [0.2, 0.25) is 0 Å². The molecule has 2 heterocycles. The maximum Gasteiger partial charge on any atom is 0.341 e. The summed E-state index contributed by atoms with van der Waals surface area (Å²) in [6, 6.07) is 11.2. The number of hydrogen-bond acceptors (Lipinski definition) is 4. The maximum absolute atomic E-state index is 13.6. The van der Waals surface area contributed by atoms with Gasteiger partial charge in [0.2, 0.25) is 0 Å². The third-order valence-corrected chi connectivity index (χ3v) is 5.00. The van der Waals surface area contributed by atoms with Crippen LogP contribution in [-0.4, -0.2) is 41.3 Å². The lowest BCUT2D eigenvalue weighted by molar-refractivity contribution is 0.142. The van der Waals surface area contributed by atoms with E-state index in [9.17, 15) is 13.6 Å². The van der Waals surface area contributed by atoms with Gasteiger partial charge in [0.25, 0.3) is 0 Å². The smallest absolute Gasteiger partial charge is 0.341 e. The Labute approximate surface area is 166 Å². The number of hydrazone groups is 1. The zero-order valence-electron chi connectivity index (χ0n) is 15.5. The highest BCUT2D eigenvalue weighted by atomic mass is 19.1. The highest BCUT2D eigenvalue weighted by Gasteiger charge is 2.36. The number of rotatable bonds is 3. The number of carbonyl (C=O) groups is 1. The average molecular weight is 396 g/mol. The molecular formula is C21H18F2N4O2. The van der Waals surface area contributed by atoms with Crippen molar-refractivity contribution in [1.82, 2.24) is 9.91 Å². The number of urea groups is 1. The Morgan fingerprint density at radius 3 is 2.59 bits per heavy atom. The summed E-state index contributed by atoms with van der Waals surface area (Å²) in [5.74, 6) is -0.733. The van der Waals surface area contributed by atoms with Gasteiger partial charge in [0.05, 0.1) is 24.2 Å². The Kier molecular flexibility index (Phi) is 5.12. The van der Waals surface area contributed by atoms with Crippen LogP contribution in [0, 0.1) is 23.0 Å². The van der Waals surface area contributed by atoms with E-state index >= 15 is 0 Å². The molecule has 148 valence electrons. The first-order valence-electron chi connectivity index (χ1n) is 9.27. The summed E-state index contributed by atoms with van der Waals surface area (Å²) in [6.07, 6.45) is 2.45. The Hall–Kier alpha value is -3.47. The molecule has 29 heavy (non-hydrogen) atoms. The SMILES string of the molecule is N#Cc1ccc(OC2CCN(C(=O)N3N=CCC3c3cc(F)cc(F)c3)C2)cc1. The van der Waals surface area contributed by atoms with E-state index in [1.807, 2.05) is 0 Å². The van der Waals surface area contributed by atoms with Crippen LogP contribution >= 0.6 is 0 Å². The highest BCUT2D eigenvalue weighted by Crippen LogP contribution is 2.31. The van der Waals surface area contributed by atoms with Crippen LogP contribution in [-0.2, 0) is 0 Å². The first-order valence-corrected chi connectivity index (χ1v) is 9.27. The molecule has 2 aromatic carbocycles. The van der Waals surface area contributed by atoms with Gasteiger partial charge >= 0.3 is 6.03 Å². The van der Waals surface area contributed by atoms with Crippen molar-refractivity contribution in [2.75, 3.05) is 13.1 Å². The van der Waals surface area contributed by atoms with Gasteiger partial charge in [-0.25, -0.2) is 18.6 Å². The molecule has 4 rings (SSSR count). The fraction of sp³-hybridized carbons (Fsp3) is 0.286. The Balaban J connectivity index is 1.41. The van der Waals surface area contributed by atoms with Crippen LogP contribution in [0.25, 0.3) is 0 Å². The number of amides is 2. The van der Waals surface area contributed by atoms with Gasteiger partial charge < -0.3 is 9.64 Å². The van der Waals surface area contributed by atoms with E-state index in [0.29, 0.717) is 42.8 Å². The second-order valence-electron chi connectivity index (χ2n) is 6.99. The van der Waals surface area contributed by atoms with E-state index in [0.717, 1.165) is 6.07 Å². The molecule has 2 amide bonds. The van der Waals surface area contributed by atoms with Gasteiger partial charge in [-0.2, -0.15) is 10.4 Å². The van der Waals surface area contributed by atoms with Gasteiger partial charge in [0.1, 0.15) is 23.5 Å². The molecule has 2 aromatic rings. The van der Waals surface area contributed by atoms with Gasteiger partial charge in [-0.05, 0) is 42.0 Å². The summed E-state index contributed by atoms with van der Waals surface area (Å²) in [6.45, 7) is 0.880. The number of nitrogens with zero attached hydrogens (tertiary/aromatic N) is 4. The number of ether oxygens (including phenoxy) is 1. The molecule has 0 saturated carbocycles. The monoisotopic (exact) mass is 396 g/mol. The molecule has 6 nitrogen and oxygen atoms in total. The summed E-state index contributed by atoms with van der Waals surface area (Å²) < 4.78 is 33.1. The maximum atomic E-state index is 13.6. The first-order chi connectivity index (χ1) is 14.0. The number of benzene rings is 2. The van der Waals surface area contributed by atoms with Crippen molar-refractivity contribution in [3.05, 3.63) is 65.2 Å². The first kappa shape index (κ1) is 18.9. The minimum atomic E-state index is -0.684. The summed E-state index contributed by atoms with van der Waals surface area (Å²) in [5.41, 5.74) is 0.922. The molecule has 2 atom stereocenters. The minimum Gasteiger partial charge on any atom is -0.489 e. The predicted molar refractivity (Wildman–Crippen MR) is 101 cm³/mol. The van der Waals surface area contributed by atoms with Crippen LogP contribution in [0.3, 0.4) is 0 Å². The van der Waals surface area contributed by atoms with Gasteiger partial charge in [0.15, 0.2) is 0 Å². The largest absolute Gasteiger partial charge is 0.489 e. The van der Waals surface area contributed by atoms with Crippen molar-refractivity contribution in [3.63, 3.8) is 0 Å². The Morgan fingerprint density at radius 1 is 1.17 bits per heavy atom. The molecule has 1 fully saturated rings. The molecule has 0 aromatic heterocycles. The highest BCUT2D eigenvalue weighted by molar-refractivity contribution is 5.78. The van der Waals surface area contributed by atoms with Crippen molar-refractivity contribution >= 4 is 12.2 Å². The Bertz CT molecular complexity index is 967. The topological polar surface area (TPSA) is 68.9 Å². The van der Waals surface area contributed by atoms with E-state index < -0.39 is 17.7 Å². The fourth-order valence-electron chi connectivity index (χ4n) is 3.59. The number of carbonyl (C=O) groups excluding carboxylic acids is 1. The van der Waals surface area contributed by atoms with E-state index in [2.05, 4.69) is 11.2 Å². The molecular weight excluding hydrogens is 378 g/mol. The zero-order valence-corrected chi connectivity index (χ0v) is 15.5. The number of hydrogen-bond donors (Lipinski definition) is 0. The van der Waals surface area contributed by atoms with Crippen molar-refractivity contribution < 1.29 is 18.3 Å². The third-order valence-electron chi connectivity index (χ3n) is 5.00. The van der Waals surface area contributed by atoms with Crippen molar-refractivity contribution in [1.29, 1.82) is 5.26 Å². The van der Waals surface area contributed by atoms with E-state index in [1.54, 1.807) is 35.4 Å². The van der Waals surface area contributed by atoms with Crippen LogP contribution in [0.1, 0.15) is 30.0 Å². The summed E-state index contributed by atoms with van der Waals surface area (Å²) in [7, 11) is 0. The second-order valence-corrected chi connectivity index (χ2v) is 6.99. The third kappa shape index (κ3) is 4.04. The lowest BCUT2D eigenvalue weighted by atomic mass is 10.0. The van der Waals surface area contributed by atoms with Gasteiger partial charge in [0, 0.05) is 31.7 Å². The summed E-state index contributed by atoms with van der Waals surface area (Å²) >= 11 is 0. The van der Waals surface area contributed by atoms with Crippen molar-refractivity contribution in [3.8, 4) is 11.8 Å². The van der Waals surface area contributed by atoms with Crippen LogP contribution in [0.15, 0.2) is 47.6 Å². The van der Waals surface area contributed by atoms with Crippen molar-refractivity contribution in [2.24, 2.45) is 5.10 Å². The van der Waals surface area contributed by atoms with E-state index in [-0.39, 0.29) is 12.1 Å². The number of likely N-dealkylation sites (tertiary alicyclic amines) is 1. The molecule has 0 bridgehead atoms. The zero-order chi connectivity index (χ0) is 20.4. The summed E-state index contributed by atoms with van der Waals surface area (Å²) in [4.78, 5) is 14.6. The van der Waals surface area contributed by atoms with Crippen molar-refractivity contribution in [2.45, 2.75) is 25.0 Å².